The van der Waals surface area contributed by atoms with Crippen LogP contribution in [0, 0.1) is 13.8 Å². The van der Waals surface area contributed by atoms with Crippen LogP contribution in [0.1, 0.15) is 16.7 Å². The fraction of sp³-hybridized carbons (Fsp3) is 0.136. The maximum Gasteiger partial charge on any atom is 0.228 e. The van der Waals surface area contributed by atoms with Crippen LogP contribution < -0.4 is 5.32 Å². The average Bonchev–Trinajstić information content (AvgIpc) is 2.59. The number of amides is 1. The van der Waals surface area contributed by atoms with Crippen molar-refractivity contribution in [2.45, 2.75) is 20.3 Å². The molecule has 0 unspecified atom stereocenters. The van der Waals surface area contributed by atoms with Crippen molar-refractivity contribution in [3.05, 3.63) is 102 Å². The van der Waals surface area contributed by atoms with E-state index in [-0.39, 0.29) is 5.91 Å². The highest BCUT2D eigenvalue weighted by Crippen LogP contribution is 2.08. The number of carbonyl (C=O) groups excluding carboxylic acids is 1. The van der Waals surface area contributed by atoms with Crippen LogP contribution in [-0.4, -0.2) is 5.91 Å². The zero-order chi connectivity index (χ0) is 17.2. The van der Waals surface area contributed by atoms with E-state index in [4.69, 9.17) is 0 Å². The molecule has 0 aromatic heterocycles. The van der Waals surface area contributed by atoms with Crippen LogP contribution in [-0.2, 0) is 11.2 Å². The number of hydrogen-bond donors (Lipinski definition) is 1. The molecule has 0 radical (unpaired) electrons. The lowest BCUT2D eigenvalue weighted by Gasteiger charge is -2.05. The smallest absolute Gasteiger partial charge is 0.228 e. The number of aryl methyl sites for hydroxylation is 2. The van der Waals surface area contributed by atoms with Gasteiger partial charge in [0.05, 0.1) is 6.42 Å². The summed E-state index contributed by atoms with van der Waals surface area (Å²) in [6.07, 6.45) is 0.412. The predicted molar refractivity (Wildman–Crippen MR) is 101 cm³/mol. The zero-order valence-electron chi connectivity index (χ0n) is 14.2. The molecule has 122 valence electrons. The van der Waals surface area contributed by atoms with Crippen molar-refractivity contribution in [1.82, 2.24) is 0 Å². The second-order valence-corrected chi connectivity index (χ2v) is 5.73. The Morgan fingerprint density at radius 2 is 1.21 bits per heavy atom. The Morgan fingerprint density at radius 1 is 0.708 bits per heavy atom. The molecular formula is C22H23NO. The third kappa shape index (κ3) is 6.49. The fourth-order valence-electron chi connectivity index (χ4n) is 2.15. The summed E-state index contributed by atoms with van der Waals surface area (Å²) < 4.78 is 0. The molecule has 0 aliphatic heterocycles. The van der Waals surface area contributed by atoms with E-state index in [0.717, 1.165) is 11.3 Å². The van der Waals surface area contributed by atoms with E-state index in [2.05, 4.69) is 24.4 Å². The summed E-state index contributed by atoms with van der Waals surface area (Å²) >= 11 is 0. The van der Waals surface area contributed by atoms with Crippen molar-refractivity contribution in [3.8, 4) is 0 Å². The van der Waals surface area contributed by atoms with Crippen LogP contribution in [0.5, 0.6) is 0 Å². The third-order valence-corrected chi connectivity index (χ3v) is 3.48. The summed E-state index contributed by atoms with van der Waals surface area (Å²) in [5.41, 5.74) is 4.40. The van der Waals surface area contributed by atoms with Crippen LogP contribution >= 0.6 is 0 Å². The van der Waals surface area contributed by atoms with Gasteiger partial charge in [-0.3, -0.25) is 4.79 Å². The Labute approximate surface area is 144 Å². The molecule has 1 N–H and O–H groups in total. The van der Waals surface area contributed by atoms with Gasteiger partial charge < -0.3 is 5.32 Å². The first-order valence-corrected chi connectivity index (χ1v) is 8.05. The van der Waals surface area contributed by atoms with E-state index in [0.29, 0.717) is 6.42 Å². The van der Waals surface area contributed by atoms with Crippen molar-refractivity contribution in [2.24, 2.45) is 0 Å². The van der Waals surface area contributed by atoms with Gasteiger partial charge >= 0.3 is 0 Å². The minimum atomic E-state index is 0.0139. The van der Waals surface area contributed by atoms with Gasteiger partial charge in [-0.1, -0.05) is 83.9 Å². The van der Waals surface area contributed by atoms with Gasteiger partial charge in [-0.2, -0.15) is 0 Å². The maximum absolute atomic E-state index is 11.8. The summed E-state index contributed by atoms with van der Waals surface area (Å²) in [7, 11) is 0. The lowest BCUT2D eigenvalue weighted by molar-refractivity contribution is -0.115. The first-order valence-electron chi connectivity index (χ1n) is 8.05. The Kier molecular flexibility index (Phi) is 6.78. The molecule has 3 aromatic rings. The van der Waals surface area contributed by atoms with Gasteiger partial charge in [0.2, 0.25) is 5.91 Å². The first-order chi connectivity index (χ1) is 11.6. The van der Waals surface area contributed by atoms with Crippen molar-refractivity contribution in [2.75, 3.05) is 5.32 Å². The van der Waals surface area contributed by atoms with E-state index < -0.39 is 0 Å². The molecule has 3 rings (SSSR count). The first kappa shape index (κ1) is 17.5. The normalized spacial score (nSPS) is 9.58. The van der Waals surface area contributed by atoms with Gasteiger partial charge in [0.15, 0.2) is 0 Å². The highest BCUT2D eigenvalue weighted by atomic mass is 16.1. The summed E-state index contributed by atoms with van der Waals surface area (Å²) in [4.78, 5) is 11.8. The van der Waals surface area contributed by atoms with Crippen LogP contribution in [0.15, 0.2) is 84.9 Å². The summed E-state index contributed by atoms with van der Waals surface area (Å²) in [6.45, 7) is 4.12. The van der Waals surface area contributed by atoms with Crippen molar-refractivity contribution < 1.29 is 4.79 Å². The lowest BCUT2D eigenvalue weighted by Crippen LogP contribution is -2.14. The number of nitrogens with one attached hydrogen (secondary N) is 1. The molecule has 0 aliphatic carbocycles. The molecule has 1 amide bonds. The Hall–Kier alpha value is -2.87. The number of carbonyl (C=O) groups is 1. The maximum atomic E-state index is 11.8. The molecule has 0 saturated heterocycles. The van der Waals surface area contributed by atoms with Gasteiger partial charge in [-0.25, -0.2) is 0 Å². The van der Waals surface area contributed by atoms with E-state index in [1.54, 1.807) is 0 Å². The highest BCUT2D eigenvalue weighted by molar-refractivity contribution is 5.92. The van der Waals surface area contributed by atoms with E-state index in [1.807, 2.05) is 79.7 Å². The molecule has 24 heavy (non-hydrogen) atoms. The molecule has 0 heterocycles. The van der Waals surface area contributed by atoms with Gasteiger partial charge in [-0.05, 0) is 31.5 Å². The molecule has 0 aliphatic rings. The van der Waals surface area contributed by atoms with Crippen LogP contribution in [0.25, 0.3) is 0 Å². The minimum Gasteiger partial charge on any atom is -0.326 e. The number of benzene rings is 3. The van der Waals surface area contributed by atoms with Gasteiger partial charge in [0, 0.05) is 5.69 Å². The quantitative estimate of drug-likeness (QED) is 0.709. The number of hydrogen-bond acceptors (Lipinski definition) is 1. The second-order valence-electron chi connectivity index (χ2n) is 5.73. The monoisotopic (exact) mass is 317 g/mol. The molecule has 0 atom stereocenters. The van der Waals surface area contributed by atoms with Crippen molar-refractivity contribution in [3.63, 3.8) is 0 Å². The second kappa shape index (κ2) is 9.31. The molecule has 0 bridgehead atoms. The predicted octanol–water partition coefficient (Wildman–Crippen LogP) is 5.17. The standard InChI is InChI=1S/C15H15NO.C7H8/c1-12-7-9-13(10-8-12)11-15(17)16-14-5-3-2-4-6-14;1-7-5-3-2-4-6-7/h2-10H,11H2,1H3,(H,16,17);2-6H,1H3. The summed E-state index contributed by atoms with van der Waals surface area (Å²) in [5.74, 6) is 0.0139. The molecule has 0 saturated carbocycles. The zero-order valence-corrected chi connectivity index (χ0v) is 14.2. The summed E-state index contributed by atoms with van der Waals surface area (Å²) in [5, 5.41) is 2.87. The fourth-order valence-corrected chi connectivity index (χ4v) is 2.15. The lowest BCUT2D eigenvalue weighted by atomic mass is 10.1. The Balaban J connectivity index is 0.000000249. The van der Waals surface area contributed by atoms with Gasteiger partial charge in [0.25, 0.3) is 0 Å². The topological polar surface area (TPSA) is 29.1 Å². The molecule has 0 fully saturated rings. The van der Waals surface area contributed by atoms with Crippen LogP contribution in [0.4, 0.5) is 5.69 Å². The van der Waals surface area contributed by atoms with E-state index in [1.165, 1.54) is 11.1 Å². The van der Waals surface area contributed by atoms with E-state index >= 15 is 0 Å². The number of para-hydroxylation sites is 1. The summed E-state index contributed by atoms with van der Waals surface area (Å²) in [6, 6.07) is 27.8. The molecular weight excluding hydrogens is 294 g/mol. The largest absolute Gasteiger partial charge is 0.326 e. The molecule has 2 heteroatoms. The van der Waals surface area contributed by atoms with Crippen LogP contribution in [0.3, 0.4) is 0 Å². The number of anilines is 1. The van der Waals surface area contributed by atoms with Gasteiger partial charge in [-0.15, -0.1) is 0 Å². The molecule has 3 aromatic carbocycles. The van der Waals surface area contributed by atoms with Crippen molar-refractivity contribution in [1.29, 1.82) is 0 Å². The molecule has 2 nitrogen and oxygen atoms in total. The van der Waals surface area contributed by atoms with Crippen molar-refractivity contribution >= 4 is 11.6 Å². The molecule has 0 spiro atoms. The number of rotatable bonds is 3. The van der Waals surface area contributed by atoms with Gasteiger partial charge in [0.1, 0.15) is 0 Å². The SMILES string of the molecule is Cc1ccc(CC(=O)Nc2ccccc2)cc1.Cc1ccccc1. The minimum absolute atomic E-state index is 0.0139. The third-order valence-electron chi connectivity index (χ3n) is 3.48. The Morgan fingerprint density at radius 3 is 1.71 bits per heavy atom. The van der Waals surface area contributed by atoms with Crippen LogP contribution in [0.2, 0.25) is 0 Å². The highest BCUT2D eigenvalue weighted by Gasteiger charge is 2.03. The van der Waals surface area contributed by atoms with E-state index in [9.17, 15) is 4.79 Å². The average molecular weight is 317 g/mol. The Bertz CT molecular complexity index is 734.